The molecule has 6 heteroatoms. The van der Waals surface area contributed by atoms with E-state index in [1.807, 2.05) is 13.0 Å². The fourth-order valence-corrected chi connectivity index (χ4v) is 1.39. The first-order chi connectivity index (χ1) is 8.55. The average molecular weight is 254 g/mol. The number of anilines is 1. The van der Waals surface area contributed by atoms with Gasteiger partial charge in [-0.2, -0.15) is 0 Å². The molecule has 5 N–H and O–H groups in total. The molecule has 0 heterocycles. The van der Waals surface area contributed by atoms with E-state index in [2.05, 4.69) is 10.6 Å². The minimum atomic E-state index is -1.42. The highest BCUT2D eigenvalue weighted by Crippen LogP contribution is 2.10. The Hall–Kier alpha value is -1.63. The van der Waals surface area contributed by atoms with E-state index in [-0.39, 0.29) is 0 Å². The third kappa shape index (κ3) is 3.69. The molecule has 0 saturated heterocycles. The second kappa shape index (κ2) is 6.34. The summed E-state index contributed by atoms with van der Waals surface area (Å²) < 4.78 is 0. The van der Waals surface area contributed by atoms with Gasteiger partial charge >= 0.3 is 6.03 Å². The molecule has 0 fully saturated rings. The summed E-state index contributed by atoms with van der Waals surface area (Å²) >= 11 is 0. The lowest BCUT2D eigenvalue weighted by Crippen LogP contribution is -2.58. The van der Waals surface area contributed by atoms with E-state index in [9.17, 15) is 4.79 Å². The van der Waals surface area contributed by atoms with Crippen molar-refractivity contribution in [1.82, 2.24) is 5.32 Å². The van der Waals surface area contributed by atoms with Crippen molar-refractivity contribution in [2.45, 2.75) is 12.5 Å². The van der Waals surface area contributed by atoms with Crippen molar-refractivity contribution in [2.24, 2.45) is 0 Å². The molecule has 0 unspecified atom stereocenters. The summed E-state index contributed by atoms with van der Waals surface area (Å²) in [6, 6.07) is 6.58. The quantitative estimate of drug-likeness (QED) is 0.503. The number of carbonyl (C=O) groups is 1. The summed E-state index contributed by atoms with van der Waals surface area (Å²) in [6.45, 7) is 0.228. The molecule has 0 saturated carbocycles. The van der Waals surface area contributed by atoms with Crippen LogP contribution in [0.2, 0.25) is 0 Å². The van der Waals surface area contributed by atoms with E-state index in [4.69, 9.17) is 15.3 Å². The Morgan fingerprint density at radius 2 is 1.83 bits per heavy atom. The largest absolute Gasteiger partial charge is 0.394 e. The second-order valence-corrected chi connectivity index (χ2v) is 4.20. The van der Waals surface area contributed by atoms with Gasteiger partial charge in [-0.25, -0.2) is 4.79 Å². The molecule has 0 aliphatic rings. The lowest BCUT2D eigenvalue weighted by atomic mass is 10.0. The number of benzene rings is 1. The fraction of sp³-hybridized carbons (Fsp3) is 0.417. The smallest absolute Gasteiger partial charge is 0.319 e. The van der Waals surface area contributed by atoms with Gasteiger partial charge in [-0.15, -0.1) is 0 Å². The van der Waals surface area contributed by atoms with Crippen LogP contribution in [0.25, 0.3) is 0 Å². The molecular weight excluding hydrogens is 236 g/mol. The van der Waals surface area contributed by atoms with Crippen LogP contribution < -0.4 is 10.6 Å². The topological polar surface area (TPSA) is 102 Å². The summed E-state index contributed by atoms with van der Waals surface area (Å²) in [7, 11) is 0. The van der Waals surface area contributed by atoms with E-state index in [1.54, 1.807) is 18.2 Å². The summed E-state index contributed by atoms with van der Waals surface area (Å²) in [5.41, 5.74) is 0.161. The van der Waals surface area contributed by atoms with Crippen molar-refractivity contribution in [3.05, 3.63) is 29.8 Å². The molecule has 2 amide bonds. The van der Waals surface area contributed by atoms with Gasteiger partial charge in [0.2, 0.25) is 0 Å². The minimum absolute atomic E-state index is 0.554. The zero-order valence-electron chi connectivity index (χ0n) is 10.2. The molecule has 1 aromatic rings. The van der Waals surface area contributed by atoms with Gasteiger partial charge in [0.25, 0.3) is 0 Å². The van der Waals surface area contributed by atoms with Gasteiger partial charge < -0.3 is 26.0 Å². The lowest BCUT2D eigenvalue weighted by Gasteiger charge is -2.28. The number of hydrogen-bond acceptors (Lipinski definition) is 4. The van der Waals surface area contributed by atoms with Crippen LogP contribution in [0.3, 0.4) is 0 Å². The summed E-state index contributed by atoms with van der Waals surface area (Å²) in [5, 5.41) is 32.1. The van der Waals surface area contributed by atoms with Crippen LogP contribution in [-0.2, 0) is 0 Å². The van der Waals surface area contributed by atoms with Crippen LogP contribution in [-0.4, -0.2) is 46.7 Å². The fourth-order valence-electron chi connectivity index (χ4n) is 1.39. The molecule has 0 radical (unpaired) electrons. The molecule has 6 nitrogen and oxygen atoms in total. The number of carbonyl (C=O) groups excluding carboxylic acids is 1. The van der Waals surface area contributed by atoms with E-state index >= 15 is 0 Å². The Balaban J connectivity index is 2.66. The molecule has 0 aliphatic carbocycles. The van der Waals surface area contributed by atoms with E-state index in [0.29, 0.717) is 5.69 Å². The summed E-state index contributed by atoms with van der Waals surface area (Å²) in [5.74, 6) is 0. The molecule has 100 valence electrons. The standard InChI is InChI=1S/C12H18N2O4/c1-9-3-2-4-10(5-9)13-11(18)14-12(6-15,7-16)8-17/h2-5,15-17H,6-8H2,1H3,(H2,13,14,18). The van der Waals surface area contributed by atoms with Crippen molar-refractivity contribution in [3.8, 4) is 0 Å². The number of amides is 2. The maximum absolute atomic E-state index is 11.7. The normalized spacial score (nSPS) is 11.1. The van der Waals surface area contributed by atoms with E-state index < -0.39 is 31.4 Å². The molecule has 1 rings (SSSR count). The molecule has 0 aromatic heterocycles. The number of rotatable bonds is 5. The molecule has 0 aliphatic heterocycles. The third-order valence-corrected chi connectivity index (χ3v) is 2.56. The molecule has 0 spiro atoms. The molecule has 0 bridgehead atoms. The van der Waals surface area contributed by atoms with Crippen LogP contribution in [0.5, 0.6) is 0 Å². The second-order valence-electron chi connectivity index (χ2n) is 4.20. The van der Waals surface area contributed by atoms with Crippen LogP contribution in [0, 0.1) is 6.92 Å². The Kier molecular flexibility index (Phi) is 5.08. The first-order valence-corrected chi connectivity index (χ1v) is 5.53. The Bertz CT molecular complexity index is 397. The molecule has 0 atom stereocenters. The number of urea groups is 1. The monoisotopic (exact) mass is 254 g/mol. The van der Waals surface area contributed by atoms with Crippen molar-refractivity contribution >= 4 is 11.7 Å². The third-order valence-electron chi connectivity index (χ3n) is 2.56. The van der Waals surface area contributed by atoms with Gasteiger partial charge in [0.1, 0.15) is 5.54 Å². The Morgan fingerprint density at radius 3 is 2.33 bits per heavy atom. The predicted molar refractivity (Wildman–Crippen MR) is 67.3 cm³/mol. The van der Waals surface area contributed by atoms with Gasteiger partial charge in [0.05, 0.1) is 19.8 Å². The van der Waals surface area contributed by atoms with Crippen LogP contribution in [0.1, 0.15) is 5.56 Å². The molecular formula is C12H18N2O4. The zero-order chi connectivity index (χ0) is 13.6. The van der Waals surface area contributed by atoms with Crippen molar-refractivity contribution in [2.75, 3.05) is 25.1 Å². The highest BCUT2D eigenvalue weighted by Gasteiger charge is 2.29. The van der Waals surface area contributed by atoms with Gasteiger partial charge in [0.15, 0.2) is 0 Å². The highest BCUT2D eigenvalue weighted by atomic mass is 16.3. The summed E-state index contributed by atoms with van der Waals surface area (Å²) in [6.07, 6.45) is 0. The minimum Gasteiger partial charge on any atom is -0.394 e. The van der Waals surface area contributed by atoms with Crippen LogP contribution in [0.4, 0.5) is 10.5 Å². The first-order valence-electron chi connectivity index (χ1n) is 5.53. The number of aliphatic hydroxyl groups excluding tert-OH is 3. The lowest BCUT2D eigenvalue weighted by molar-refractivity contribution is 0.0507. The number of hydrogen-bond donors (Lipinski definition) is 5. The summed E-state index contributed by atoms with van der Waals surface area (Å²) in [4.78, 5) is 11.7. The SMILES string of the molecule is Cc1cccc(NC(=O)NC(CO)(CO)CO)c1. The Morgan fingerprint density at radius 1 is 1.22 bits per heavy atom. The maximum Gasteiger partial charge on any atom is 0.319 e. The van der Waals surface area contributed by atoms with Crippen molar-refractivity contribution < 1.29 is 20.1 Å². The maximum atomic E-state index is 11.7. The Labute approximate surface area is 105 Å². The van der Waals surface area contributed by atoms with E-state index in [0.717, 1.165) is 5.56 Å². The van der Waals surface area contributed by atoms with Crippen LogP contribution >= 0.6 is 0 Å². The zero-order valence-corrected chi connectivity index (χ0v) is 10.2. The number of aryl methyl sites for hydroxylation is 1. The van der Waals surface area contributed by atoms with Gasteiger partial charge in [-0.1, -0.05) is 12.1 Å². The van der Waals surface area contributed by atoms with Gasteiger partial charge in [-0.3, -0.25) is 0 Å². The van der Waals surface area contributed by atoms with Gasteiger partial charge in [-0.05, 0) is 24.6 Å². The molecule has 1 aromatic carbocycles. The number of aliphatic hydroxyl groups is 3. The van der Waals surface area contributed by atoms with Crippen LogP contribution in [0.15, 0.2) is 24.3 Å². The highest BCUT2D eigenvalue weighted by molar-refractivity contribution is 5.89. The number of nitrogens with one attached hydrogen (secondary N) is 2. The first kappa shape index (κ1) is 14.4. The average Bonchev–Trinajstić information content (AvgIpc) is 2.36. The van der Waals surface area contributed by atoms with Gasteiger partial charge in [0, 0.05) is 5.69 Å². The predicted octanol–water partition coefficient (Wildman–Crippen LogP) is -0.168. The van der Waals surface area contributed by atoms with Crippen molar-refractivity contribution in [3.63, 3.8) is 0 Å². The van der Waals surface area contributed by atoms with E-state index in [1.165, 1.54) is 0 Å². The van der Waals surface area contributed by atoms with Crippen molar-refractivity contribution in [1.29, 1.82) is 0 Å². The molecule has 18 heavy (non-hydrogen) atoms.